The van der Waals surface area contributed by atoms with Crippen LogP contribution in [0.1, 0.15) is 31.4 Å². The second-order valence-electron chi connectivity index (χ2n) is 6.57. The lowest BCUT2D eigenvalue weighted by atomic mass is 9.97. The van der Waals surface area contributed by atoms with Crippen LogP contribution in [0, 0.1) is 12.8 Å². The van der Waals surface area contributed by atoms with E-state index < -0.39 is 0 Å². The Morgan fingerprint density at radius 3 is 3.12 bits per heavy atom. The van der Waals surface area contributed by atoms with Gasteiger partial charge in [-0.05, 0) is 45.4 Å². The molecular formula is C18H27N5O2S. The number of nitrogens with one attached hydrogen (secondary N) is 1. The highest BCUT2D eigenvalue weighted by molar-refractivity contribution is 7.99. The molecule has 1 aliphatic rings. The molecule has 0 radical (unpaired) electrons. The van der Waals surface area contributed by atoms with Crippen molar-refractivity contribution in [3.05, 3.63) is 30.0 Å². The Balaban J connectivity index is 1.40. The molecule has 3 heterocycles. The third kappa shape index (κ3) is 4.88. The fourth-order valence-corrected chi connectivity index (χ4v) is 4.23. The Hall–Kier alpha value is -1.80. The number of carbonyl (C=O) groups is 1. The third-order valence-electron chi connectivity index (χ3n) is 4.69. The van der Waals surface area contributed by atoms with Gasteiger partial charge in [-0.1, -0.05) is 11.8 Å². The van der Waals surface area contributed by atoms with Gasteiger partial charge in [0, 0.05) is 25.4 Å². The number of furan rings is 1. The number of aryl methyl sites for hydroxylation is 1. The van der Waals surface area contributed by atoms with E-state index >= 15 is 0 Å². The molecule has 1 amide bonds. The Morgan fingerprint density at radius 2 is 2.35 bits per heavy atom. The van der Waals surface area contributed by atoms with Crippen molar-refractivity contribution in [1.82, 2.24) is 25.0 Å². The molecule has 8 heteroatoms. The van der Waals surface area contributed by atoms with Crippen molar-refractivity contribution in [3.8, 4) is 0 Å². The molecule has 142 valence electrons. The standard InChI is InChI=1S/C18H27N5O2S/c1-3-23-14(2)20-21-18(23)26-11-8-19-17(24)15-6-4-9-22(12-15)13-16-7-5-10-25-16/h5,7,10,15H,3-4,6,8-9,11-13H2,1-2H3,(H,19,24)/t15-/m0/s1. The summed E-state index contributed by atoms with van der Waals surface area (Å²) in [6, 6.07) is 3.89. The van der Waals surface area contributed by atoms with Crippen molar-refractivity contribution in [2.45, 2.75) is 44.9 Å². The molecule has 7 nitrogen and oxygen atoms in total. The van der Waals surface area contributed by atoms with Crippen LogP contribution in [0.3, 0.4) is 0 Å². The molecule has 1 atom stereocenters. The number of hydrogen-bond acceptors (Lipinski definition) is 6. The van der Waals surface area contributed by atoms with Crippen molar-refractivity contribution >= 4 is 17.7 Å². The molecule has 1 fully saturated rings. The van der Waals surface area contributed by atoms with Gasteiger partial charge < -0.3 is 14.3 Å². The summed E-state index contributed by atoms with van der Waals surface area (Å²) in [5.41, 5.74) is 0. The van der Waals surface area contributed by atoms with Crippen LogP contribution in [0.15, 0.2) is 28.0 Å². The molecule has 26 heavy (non-hydrogen) atoms. The highest BCUT2D eigenvalue weighted by Crippen LogP contribution is 2.19. The average Bonchev–Trinajstić information content (AvgIpc) is 3.28. The van der Waals surface area contributed by atoms with E-state index in [2.05, 4.69) is 31.9 Å². The molecule has 3 rings (SSSR count). The number of piperidine rings is 1. The molecule has 2 aromatic heterocycles. The first-order valence-electron chi connectivity index (χ1n) is 9.22. The number of amides is 1. The van der Waals surface area contributed by atoms with Crippen LogP contribution >= 0.6 is 11.8 Å². The van der Waals surface area contributed by atoms with Crippen molar-refractivity contribution < 1.29 is 9.21 Å². The van der Waals surface area contributed by atoms with E-state index in [1.807, 2.05) is 19.1 Å². The summed E-state index contributed by atoms with van der Waals surface area (Å²) in [7, 11) is 0. The van der Waals surface area contributed by atoms with E-state index in [0.29, 0.717) is 6.54 Å². The Bertz CT molecular complexity index is 701. The van der Waals surface area contributed by atoms with Crippen LogP contribution in [0.25, 0.3) is 0 Å². The maximum Gasteiger partial charge on any atom is 0.224 e. The first-order valence-corrected chi connectivity index (χ1v) is 10.2. The number of thioether (sulfide) groups is 1. The number of rotatable bonds is 8. The van der Waals surface area contributed by atoms with Gasteiger partial charge in [0.1, 0.15) is 11.6 Å². The smallest absolute Gasteiger partial charge is 0.224 e. The van der Waals surface area contributed by atoms with Gasteiger partial charge in [-0.3, -0.25) is 9.69 Å². The normalized spacial score (nSPS) is 18.2. The number of nitrogens with zero attached hydrogens (tertiary/aromatic N) is 4. The molecule has 0 aliphatic carbocycles. The summed E-state index contributed by atoms with van der Waals surface area (Å²) in [6.07, 6.45) is 3.70. The number of likely N-dealkylation sites (tertiary alicyclic amines) is 1. The van der Waals surface area contributed by atoms with Gasteiger partial charge in [0.15, 0.2) is 5.16 Å². The van der Waals surface area contributed by atoms with Crippen molar-refractivity contribution in [2.75, 3.05) is 25.4 Å². The zero-order chi connectivity index (χ0) is 18.4. The molecule has 0 aromatic carbocycles. The maximum absolute atomic E-state index is 12.5. The maximum atomic E-state index is 12.5. The fraction of sp³-hybridized carbons (Fsp3) is 0.611. The van der Waals surface area contributed by atoms with Gasteiger partial charge >= 0.3 is 0 Å². The Kier molecular flexibility index (Phi) is 6.73. The monoisotopic (exact) mass is 377 g/mol. The van der Waals surface area contributed by atoms with E-state index in [1.54, 1.807) is 18.0 Å². The highest BCUT2D eigenvalue weighted by atomic mass is 32.2. The van der Waals surface area contributed by atoms with Gasteiger partial charge in [-0.25, -0.2) is 0 Å². The van der Waals surface area contributed by atoms with Gasteiger partial charge in [-0.15, -0.1) is 10.2 Å². The summed E-state index contributed by atoms with van der Waals surface area (Å²) in [5.74, 6) is 2.90. The van der Waals surface area contributed by atoms with Crippen LogP contribution in [0.5, 0.6) is 0 Å². The zero-order valence-corrected chi connectivity index (χ0v) is 16.3. The van der Waals surface area contributed by atoms with Gasteiger partial charge in [0.25, 0.3) is 0 Å². The third-order valence-corrected chi connectivity index (χ3v) is 5.65. The van der Waals surface area contributed by atoms with E-state index in [1.165, 1.54) is 0 Å². The summed E-state index contributed by atoms with van der Waals surface area (Å²) < 4.78 is 7.50. The fourth-order valence-electron chi connectivity index (χ4n) is 3.33. The lowest BCUT2D eigenvalue weighted by Gasteiger charge is -2.31. The van der Waals surface area contributed by atoms with Gasteiger partial charge in [0.2, 0.25) is 5.91 Å². The SMILES string of the molecule is CCn1c(C)nnc1SCCNC(=O)[C@H]1CCCN(Cc2ccco2)C1. The van der Waals surface area contributed by atoms with E-state index in [9.17, 15) is 4.79 Å². The van der Waals surface area contributed by atoms with Crippen LogP contribution in [-0.2, 0) is 17.9 Å². The zero-order valence-electron chi connectivity index (χ0n) is 15.5. The molecule has 1 N–H and O–H groups in total. The van der Waals surface area contributed by atoms with E-state index in [0.717, 1.165) is 61.5 Å². The van der Waals surface area contributed by atoms with Crippen LogP contribution in [0.4, 0.5) is 0 Å². The molecule has 0 unspecified atom stereocenters. The van der Waals surface area contributed by atoms with E-state index in [-0.39, 0.29) is 11.8 Å². The second-order valence-corrected chi connectivity index (χ2v) is 7.63. The second kappa shape index (κ2) is 9.23. The van der Waals surface area contributed by atoms with Crippen molar-refractivity contribution in [1.29, 1.82) is 0 Å². The van der Waals surface area contributed by atoms with Crippen LogP contribution in [0.2, 0.25) is 0 Å². The molecule has 0 bridgehead atoms. The first kappa shape index (κ1) is 19.0. The largest absolute Gasteiger partial charge is 0.468 e. The lowest BCUT2D eigenvalue weighted by molar-refractivity contribution is -0.126. The minimum atomic E-state index is 0.0604. The Labute approximate surface area is 158 Å². The van der Waals surface area contributed by atoms with Crippen LogP contribution < -0.4 is 5.32 Å². The Morgan fingerprint density at radius 1 is 1.46 bits per heavy atom. The minimum absolute atomic E-state index is 0.0604. The predicted molar refractivity (Wildman–Crippen MR) is 101 cm³/mol. The number of aromatic nitrogens is 3. The lowest BCUT2D eigenvalue weighted by Crippen LogP contribution is -2.43. The molecule has 0 spiro atoms. The molecule has 1 aliphatic heterocycles. The van der Waals surface area contributed by atoms with Gasteiger partial charge in [-0.2, -0.15) is 0 Å². The summed E-state index contributed by atoms with van der Waals surface area (Å²) >= 11 is 1.64. The van der Waals surface area contributed by atoms with Gasteiger partial charge in [0.05, 0.1) is 18.7 Å². The average molecular weight is 378 g/mol. The quantitative estimate of drug-likeness (QED) is 0.562. The first-order chi connectivity index (χ1) is 12.7. The molecule has 1 saturated heterocycles. The summed E-state index contributed by atoms with van der Waals surface area (Å²) in [5, 5.41) is 12.3. The topological polar surface area (TPSA) is 76.2 Å². The van der Waals surface area contributed by atoms with Crippen LogP contribution in [-0.4, -0.2) is 51.0 Å². The minimum Gasteiger partial charge on any atom is -0.468 e. The predicted octanol–water partition coefficient (Wildman–Crippen LogP) is 2.32. The molecule has 0 saturated carbocycles. The number of hydrogen-bond donors (Lipinski definition) is 1. The number of carbonyl (C=O) groups excluding carboxylic acids is 1. The highest BCUT2D eigenvalue weighted by Gasteiger charge is 2.26. The van der Waals surface area contributed by atoms with Crippen molar-refractivity contribution in [3.63, 3.8) is 0 Å². The van der Waals surface area contributed by atoms with E-state index in [4.69, 9.17) is 4.42 Å². The molecule has 2 aromatic rings. The van der Waals surface area contributed by atoms with Crippen molar-refractivity contribution in [2.24, 2.45) is 5.92 Å². The summed E-state index contributed by atoms with van der Waals surface area (Å²) in [6.45, 7) is 8.14. The summed E-state index contributed by atoms with van der Waals surface area (Å²) in [4.78, 5) is 14.8. The molecular weight excluding hydrogens is 350 g/mol.